The van der Waals surface area contributed by atoms with Crippen molar-refractivity contribution in [2.45, 2.75) is 63.5 Å². The summed E-state index contributed by atoms with van der Waals surface area (Å²) < 4.78 is 11.9. The van der Waals surface area contributed by atoms with Crippen molar-refractivity contribution in [2.24, 2.45) is 0 Å². The molecule has 2 aliphatic heterocycles. The fourth-order valence-electron chi connectivity index (χ4n) is 3.89. The molecule has 0 saturated carbocycles. The van der Waals surface area contributed by atoms with Crippen LogP contribution in [0.3, 0.4) is 0 Å². The largest absolute Gasteiger partial charge is 0.389 e. The molecule has 2 saturated heterocycles. The number of amides is 1. The summed E-state index contributed by atoms with van der Waals surface area (Å²) in [6.45, 7) is 4.79. The fraction of sp³-hybridized carbons (Fsp3) is 0.700. The van der Waals surface area contributed by atoms with Gasteiger partial charge in [0.25, 0.3) is 0 Å². The van der Waals surface area contributed by atoms with Gasteiger partial charge < -0.3 is 19.9 Å². The van der Waals surface area contributed by atoms with Crippen molar-refractivity contribution < 1.29 is 19.4 Å². The summed E-state index contributed by atoms with van der Waals surface area (Å²) in [7, 11) is 0. The van der Waals surface area contributed by atoms with E-state index < -0.39 is 6.10 Å². The minimum absolute atomic E-state index is 0.0520. The normalized spacial score (nSPS) is 29.4. The van der Waals surface area contributed by atoms with Gasteiger partial charge in [-0.1, -0.05) is 6.92 Å². The van der Waals surface area contributed by atoms with E-state index in [4.69, 9.17) is 9.47 Å². The number of pyridine rings is 1. The summed E-state index contributed by atoms with van der Waals surface area (Å²) in [4.78, 5) is 18.4. The van der Waals surface area contributed by atoms with Crippen LogP contribution in [0.15, 0.2) is 24.5 Å². The molecular formula is C20H31N3O4. The Balaban J connectivity index is 1.63. The van der Waals surface area contributed by atoms with E-state index in [9.17, 15) is 9.90 Å². The smallest absolute Gasteiger partial charge is 0.222 e. The Hall–Kier alpha value is -1.54. The molecule has 4 atom stereocenters. The highest BCUT2D eigenvalue weighted by molar-refractivity contribution is 5.76. The number of nitrogens with one attached hydrogen (secondary N) is 1. The van der Waals surface area contributed by atoms with Crippen LogP contribution in [-0.2, 0) is 20.8 Å². The van der Waals surface area contributed by atoms with Crippen LogP contribution in [0.5, 0.6) is 0 Å². The maximum absolute atomic E-state index is 12.0. The molecule has 3 heterocycles. The van der Waals surface area contributed by atoms with Crippen molar-refractivity contribution in [1.82, 2.24) is 15.2 Å². The minimum atomic E-state index is -0.509. The van der Waals surface area contributed by atoms with Crippen LogP contribution in [0.25, 0.3) is 0 Å². The number of fused-ring (bicyclic) bond motifs is 1. The van der Waals surface area contributed by atoms with Crippen LogP contribution >= 0.6 is 0 Å². The average Bonchev–Trinajstić information content (AvgIpc) is 2.66. The Morgan fingerprint density at radius 1 is 1.33 bits per heavy atom. The molecule has 0 aliphatic carbocycles. The Labute approximate surface area is 161 Å². The monoisotopic (exact) mass is 377 g/mol. The molecule has 1 amide bonds. The van der Waals surface area contributed by atoms with Gasteiger partial charge in [-0.25, -0.2) is 0 Å². The van der Waals surface area contributed by atoms with Crippen LogP contribution in [0, 0.1) is 0 Å². The number of aliphatic hydroxyl groups excluding tert-OH is 1. The lowest BCUT2D eigenvalue weighted by Gasteiger charge is -2.44. The highest BCUT2D eigenvalue weighted by atomic mass is 16.5. The van der Waals surface area contributed by atoms with Gasteiger partial charge in [0.15, 0.2) is 0 Å². The molecule has 1 aromatic heterocycles. The van der Waals surface area contributed by atoms with Gasteiger partial charge in [0.05, 0.1) is 37.9 Å². The number of ether oxygens (including phenoxy) is 2. The number of aromatic nitrogens is 1. The Morgan fingerprint density at radius 3 is 2.93 bits per heavy atom. The molecular weight excluding hydrogens is 346 g/mol. The molecule has 0 bridgehead atoms. The number of hydrogen-bond acceptors (Lipinski definition) is 6. The maximum Gasteiger partial charge on any atom is 0.222 e. The summed E-state index contributed by atoms with van der Waals surface area (Å²) >= 11 is 0. The number of β-amino-alcohol motifs (C(OH)–C–C–N with tert-alkyl or cyclic N) is 1. The van der Waals surface area contributed by atoms with Gasteiger partial charge in [0.1, 0.15) is 0 Å². The molecule has 2 N–H and O–H groups in total. The second-order valence-corrected chi connectivity index (χ2v) is 7.47. The van der Waals surface area contributed by atoms with E-state index in [1.165, 1.54) is 5.56 Å². The van der Waals surface area contributed by atoms with Crippen LogP contribution in [-0.4, -0.2) is 71.6 Å². The van der Waals surface area contributed by atoms with Crippen LogP contribution in [0.1, 0.15) is 38.2 Å². The van der Waals surface area contributed by atoms with Gasteiger partial charge in [-0.15, -0.1) is 0 Å². The third kappa shape index (κ3) is 5.97. The van der Waals surface area contributed by atoms with Gasteiger partial charge in [-0.2, -0.15) is 0 Å². The van der Waals surface area contributed by atoms with Crippen LogP contribution in [0.4, 0.5) is 0 Å². The summed E-state index contributed by atoms with van der Waals surface area (Å²) in [6.07, 6.45) is 6.01. The third-order valence-corrected chi connectivity index (χ3v) is 5.21. The number of carbonyl (C=O) groups is 1. The molecule has 1 aromatic rings. The van der Waals surface area contributed by atoms with Gasteiger partial charge in [-0.05, 0) is 37.0 Å². The molecule has 7 nitrogen and oxygen atoms in total. The lowest BCUT2D eigenvalue weighted by molar-refractivity contribution is -0.158. The van der Waals surface area contributed by atoms with E-state index >= 15 is 0 Å². The van der Waals surface area contributed by atoms with Crippen molar-refractivity contribution in [1.29, 1.82) is 0 Å². The number of carbonyl (C=O) groups excluding carboxylic acids is 1. The topological polar surface area (TPSA) is 83.9 Å². The number of rotatable bonds is 6. The first-order valence-electron chi connectivity index (χ1n) is 9.96. The molecule has 2 fully saturated rings. The zero-order chi connectivity index (χ0) is 19.1. The third-order valence-electron chi connectivity index (χ3n) is 5.21. The molecule has 3 rings (SSSR count). The predicted molar refractivity (Wildman–Crippen MR) is 101 cm³/mol. The summed E-state index contributed by atoms with van der Waals surface area (Å²) in [6, 6.07) is 4.17. The summed E-state index contributed by atoms with van der Waals surface area (Å²) in [5.41, 5.74) is 1.17. The van der Waals surface area contributed by atoms with Crippen LogP contribution in [0.2, 0.25) is 0 Å². The summed E-state index contributed by atoms with van der Waals surface area (Å²) in [5, 5.41) is 13.2. The second kappa shape index (κ2) is 10.1. The standard InChI is InChI=1S/C20H31N3O4/c1-2-7-22-20(25)10-17-3-4-18-19(27-17)14-26-13-16(24)12-23(18)11-15-5-8-21-9-6-15/h5-6,8-9,16-19,24H,2-4,7,10-14H2,1H3,(H,22,25)/t16-,17+,18-,19+/m1/s1. The first kappa shape index (κ1) is 20.2. The van der Waals surface area contributed by atoms with Crippen molar-refractivity contribution in [2.75, 3.05) is 26.3 Å². The molecule has 150 valence electrons. The lowest BCUT2D eigenvalue weighted by atomic mass is 9.94. The molecule has 2 aliphatic rings. The van der Waals surface area contributed by atoms with E-state index in [2.05, 4.69) is 15.2 Å². The molecule has 27 heavy (non-hydrogen) atoms. The van der Waals surface area contributed by atoms with E-state index in [0.717, 1.165) is 25.8 Å². The van der Waals surface area contributed by atoms with Gasteiger partial charge in [-0.3, -0.25) is 14.7 Å². The average molecular weight is 377 g/mol. The first-order chi connectivity index (χ1) is 13.2. The lowest BCUT2D eigenvalue weighted by Crippen LogP contribution is -2.55. The van der Waals surface area contributed by atoms with E-state index in [-0.39, 0.29) is 24.2 Å². The quantitative estimate of drug-likeness (QED) is 0.773. The van der Waals surface area contributed by atoms with Crippen molar-refractivity contribution in [3.63, 3.8) is 0 Å². The Kier molecular flexibility index (Phi) is 7.58. The highest BCUT2D eigenvalue weighted by Crippen LogP contribution is 2.28. The highest BCUT2D eigenvalue weighted by Gasteiger charge is 2.37. The molecule has 0 unspecified atom stereocenters. The molecule has 0 radical (unpaired) electrons. The predicted octanol–water partition coefficient (Wildman–Crippen LogP) is 1.11. The Morgan fingerprint density at radius 2 is 2.15 bits per heavy atom. The van der Waals surface area contributed by atoms with E-state index in [1.807, 2.05) is 19.1 Å². The zero-order valence-corrected chi connectivity index (χ0v) is 16.0. The molecule has 0 aromatic carbocycles. The SMILES string of the molecule is CCCNC(=O)C[C@@H]1CC[C@@H]2[C@H](COC[C@H](O)CN2Cc2ccncc2)O1. The van der Waals surface area contributed by atoms with Gasteiger partial charge >= 0.3 is 0 Å². The van der Waals surface area contributed by atoms with E-state index in [0.29, 0.717) is 32.7 Å². The van der Waals surface area contributed by atoms with E-state index in [1.54, 1.807) is 12.4 Å². The van der Waals surface area contributed by atoms with Gasteiger partial charge in [0.2, 0.25) is 5.91 Å². The molecule has 0 spiro atoms. The number of hydrogen-bond donors (Lipinski definition) is 2. The number of aliphatic hydroxyl groups is 1. The second-order valence-electron chi connectivity index (χ2n) is 7.47. The van der Waals surface area contributed by atoms with Crippen molar-refractivity contribution in [3.05, 3.63) is 30.1 Å². The Bertz CT molecular complexity index is 586. The van der Waals surface area contributed by atoms with Crippen molar-refractivity contribution in [3.8, 4) is 0 Å². The minimum Gasteiger partial charge on any atom is -0.389 e. The zero-order valence-electron chi connectivity index (χ0n) is 16.0. The van der Waals surface area contributed by atoms with Crippen LogP contribution < -0.4 is 5.32 Å². The van der Waals surface area contributed by atoms with Gasteiger partial charge in [0, 0.05) is 38.1 Å². The molecule has 7 heteroatoms. The maximum atomic E-state index is 12.0. The number of nitrogens with zero attached hydrogens (tertiary/aromatic N) is 2. The fourth-order valence-corrected chi connectivity index (χ4v) is 3.89. The summed E-state index contributed by atoms with van der Waals surface area (Å²) in [5.74, 6) is 0.0520. The van der Waals surface area contributed by atoms with Crippen molar-refractivity contribution >= 4 is 5.91 Å². The first-order valence-corrected chi connectivity index (χ1v) is 9.96.